The summed E-state index contributed by atoms with van der Waals surface area (Å²) in [5, 5.41) is 29.4. The van der Waals surface area contributed by atoms with E-state index < -0.39 is 47.7 Å². The number of anilines is 1. The van der Waals surface area contributed by atoms with Gasteiger partial charge in [-0.1, -0.05) is 0 Å². The van der Waals surface area contributed by atoms with Crippen LogP contribution in [0.15, 0.2) is 24.3 Å². The van der Waals surface area contributed by atoms with Crippen molar-refractivity contribution in [1.29, 1.82) is 0 Å². The fourth-order valence-corrected chi connectivity index (χ4v) is 2.29. The third-order valence-corrected chi connectivity index (χ3v) is 3.62. The minimum absolute atomic E-state index is 0.265. The molecule has 11 heteroatoms. The second kappa shape index (κ2) is 6.97. The second-order valence-corrected chi connectivity index (χ2v) is 6.01. The van der Waals surface area contributed by atoms with Crippen LogP contribution in [0.25, 0.3) is 0 Å². The van der Waals surface area contributed by atoms with Gasteiger partial charge in [-0.2, -0.15) is 8.42 Å². The summed E-state index contributed by atoms with van der Waals surface area (Å²) in [4.78, 5) is 0. The van der Waals surface area contributed by atoms with Crippen LogP contribution in [-0.2, 0) is 19.3 Å². The van der Waals surface area contributed by atoms with Gasteiger partial charge in [0.15, 0.2) is 0 Å². The molecule has 1 heterocycles. The summed E-state index contributed by atoms with van der Waals surface area (Å²) >= 11 is 0. The molecule has 0 radical (unpaired) electrons. The number of hydrogen-bond acceptors (Lipinski definition) is 9. The molecule has 1 aromatic carbocycles. The number of hydrogen-bond donors (Lipinski definition) is 5. The van der Waals surface area contributed by atoms with Gasteiger partial charge >= 0.3 is 10.4 Å². The molecule has 1 saturated heterocycles. The van der Waals surface area contributed by atoms with E-state index in [2.05, 4.69) is 4.18 Å². The molecule has 0 bridgehead atoms. The van der Waals surface area contributed by atoms with Crippen LogP contribution in [0, 0.1) is 0 Å². The van der Waals surface area contributed by atoms with E-state index in [4.69, 9.17) is 19.8 Å². The Morgan fingerprint density at radius 3 is 2.26 bits per heavy atom. The molecule has 23 heavy (non-hydrogen) atoms. The van der Waals surface area contributed by atoms with E-state index >= 15 is 0 Å². The van der Waals surface area contributed by atoms with Crippen molar-refractivity contribution in [3.05, 3.63) is 24.3 Å². The lowest BCUT2D eigenvalue weighted by molar-refractivity contribution is -0.276. The lowest BCUT2D eigenvalue weighted by Gasteiger charge is -2.39. The fraction of sp³-hybridized carbons (Fsp3) is 0.500. The SMILES string of the molecule is Nc1ccc(O[C@@H]2O[C@H](COS(=O)(=O)O)[C@@H](O)[C@H](O)[C@H]2O)cc1. The van der Waals surface area contributed by atoms with Gasteiger partial charge in [0.25, 0.3) is 0 Å². The number of rotatable bonds is 5. The van der Waals surface area contributed by atoms with Crippen molar-refractivity contribution in [2.75, 3.05) is 12.3 Å². The summed E-state index contributed by atoms with van der Waals surface area (Å²) in [6, 6.07) is 6.06. The van der Waals surface area contributed by atoms with E-state index in [1.807, 2.05) is 0 Å². The first kappa shape index (κ1) is 17.9. The maximum absolute atomic E-state index is 10.6. The normalized spacial score (nSPS) is 31.7. The second-order valence-electron chi connectivity index (χ2n) is 4.91. The number of aliphatic hydroxyl groups is 3. The Morgan fingerprint density at radius 2 is 1.70 bits per heavy atom. The fourth-order valence-electron chi connectivity index (χ4n) is 1.99. The first-order valence-electron chi connectivity index (χ1n) is 6.51. The number of benzene rings is 1. The highest BCUT2D eigenvalue weighted by molar-refractivity contribution is 7.80. The third-order valence-electron chi connectivity index (χ3n) is 3.18. The van der Waals surface area contributed by atoms with Crippen LogP contribution in [0.3, 0.4) is 0 Å². The molecular formula is C12H17NO9S. The van der Waals surface area contributed by atoms with Crippen molar-refractivity contribution in [2.24, 2.45) is 0 Å². The lowest BCUT2D eigenvalue weighted by atomic mass is 9.99. The molecular weight excluding hydrogens is 334 g/mol. The Hall–Kier alpha value is -1.47. The minimum atomic E-state index is -4.75. The van der Waals surface area contributed by atoms with Gasteiger partial charge in [0.2, 0.25) is 6.29 Å². The predicted octanol–water partition coefficient (Wildman–Crippen LogP) is -1.73. The molecule has 2 rings (SSSR count). The molecule has 0 spiro atoms. The van der Waals surface area contributed by atoms with Crippen molar-refractivity contribution in [2.45, 2.75) is 30.7 Å². The number of ether oxygens (including phenoxy) is 2. The Labute approximate surface area is 132 Å². The van der Waals surface area contributed by atoms with E-state index in [0.717, 1.165) is 0 Å². The predicted molar refractivity (Wildman–Crippen MR) is 75.7 cm³/mol. The van der Waals surface area contributed by atoms with Crippen LogP contribution in [0.5, 0.6) is 5.75 Å². The Bertz CT molecular complexity index is 620. The van der Waals surface area contributed by atoms with Crippen LogP contribution in [-0.4, -0.2) is 65.6 Å². The molecule has 0 unspecified atom stereocenters. The Balaban J connectivity index is 2.07. The molecule has 1 aliphatic rings. The van der Waals surface area contributed by atoms with Crippen molar-refractivity contribution in [3.63, 3.8) is 0 Å². The first-order valence-corrected chi connectivity index (χ1v) is 7.87. The zero-order valence-electron chi connectivity index (χ0n) is 11.7. The average molecular weight is 351 g/mol. The van der Waals surface area contributed by atoms with E-state index in [9.17, 15) is 23.7 Å². The molecule has 0 saturated carbocycles. The van der Waals surface area contributed by atoms with E-state index in [1.54, 1.807) is 0 Å². The molecule has 6 N–H and O–H groups in total. The summed E-state index contributed by atoms with van der Waals surface area (Å²) in [5.41, 5.74) is 6.01. The summed E-state index contributed by atoms with van der Waals surface area (Å²) < 4.78 is 44.3. The van der Waals surface area contributed by atoms with Gasteiger partial charge in [-0.05, 0) is 24.3 Å². The lowest BCUT2D eigenvalue weighted by Crippen LogP contribution is -2.60. The van der Waals surface area contributed by atoms with Gasteiger partial charge in [-0.15, -0.1) is 0 Å². The first-order chi connectivity index (χ1) is 10.7. The molecule has 1 fully saturated rings. The van der Waals surface area contributed by atoms with Crippen LogP contribution in [0.2, 0.25) is 0 Å². The van der Waals surface area contributed by atoms with Crippen molar-refractivity contribution in [3.8, 4) is 5.75 Å². The van der Waals surface area contributed by atoms with Crippen molar-refractivity contribution >= 4 is 16.1 Å². The average Bonchev–Trinajstić information content (AvgIpc) is 2.48. The highest BCUT2D eigenvalue weighted by Gasteiger charge is 2.45. The molecule has 10 nitrogen and oxygen atoms in total. The van der Waals surface area contributed by atoms with E-state index in [-0.39, 0.29) is 5.75 Å². The monoisotopic (exact) mass is 351 g/mol. The summed E-state index contributed by atoms with van der Waals surface area (Å²) in [6.07, 6.45) is -7.65. The topological polar surface area (TPSA) is 169 Å². The maximum atomic E-state index is 10.6. The van der Waals surface area contributed by atoms with Crippen LogP contribution in [0.4, 0.5) is 5.69 Å². The third kappa shape index (κ3) is 4.75. The standard InChI is InChI=1S/C12H17NO9S/c13-6-1-3-7(4-2-6)21-12-11(16)10(15)9(14)8(22-12)5-20-23(17,18)19/h1-4,8-12,14-16H,5,13H2,(H,17,18,19)/t8-,9-,10+,11-,12-/m1/s1. The van der Waals surface area contributed by atoms with E-state index in [0.29, 0.717) is 5.69 Å². The molecule has 0 aliphatic carbocycles. The van der Waals surface area contributed by atoms with Crippen molar-refractivity contribution in [1.82, 2.24) is 0 Å². The Morgan fingerprint density at radius 1 is 1.09 bits per heavy atom. The summed E-state index contributed by atoms with van der Waals surface area (Å²) in [6.45, 7) is -0.772. The molecule has 130 valence electrons. The Kier molecular flexibility index (Phi) is 5.41. The zero-order valence-corrected chi connectivity index (χ0v) is 12.5. The van der Waals surface area contributed by atoms with E-state index in [1.165, 1.54) is 24.3 Å². The van der Waals surface area contributed by atoms with Crippen LogP contribution >= 0.6 is 0 Å². The van der Waals surface area contributed by atoms with Gasteiger partial charge in [0, 0.05) is 5.69 Å². The minimum Gasteiger partial charge on any atom is -0.462 e. The molecule has 0 amide bonds. The van der Waals surface area contributed by atoms with Gasteiger partial charge in [-0.25, -0.2) is 4.18 Å². The number of nitrogens with two attached hydrogens (primary N) is 1. The van der Waals surface area contributed by atoms with Gasteiger partial charge < -0.3 is 30.5 Å². The molecule has 1 aromatic rings. The number of aliphatic hydroxyl groups excluding tert-OH is 3. The van der Waals surface area contributed by atoms with Gasteiger partial charge in [0.05, 0.1) is 6.61 Å². The summed E-state index contributed by atoms with van der Waals surface area (Å²) in [7, 11) is -4.75. The van der Waals surface area contributed by atoms with Crippen LogP contribution in [0.1, 0.15) is 0 Å². The summed E-state index contributed by atoms with van der Waals surface area (Å²) in [5.74, 6) is 0.265. The zero-order chi connectivity index (χ0) is 17.2. The van der Waals surface area contributed by atoms with Gasteiger partial charge in [0.1, 0.15) is 30.2 Å². The van der Waals surface area contributed by atoms with Gasteiger partial charge in [-0.3, -0.25) is 4.55 Å². The number of nitrogen functional groups attached to an aromatic ring is 1. The highest BCUT2D eigenvalue weighted by atomic mass is 32.3. The quantitative estimate of drug-likeness (QED) is 0.304. The highest BCUT2D eigenvalue weighted by Crippen LogP contribution is 2.25. The molecule has 0 aromatic heterocycles. The largest absolute Gasteiger partial charge is 0.462 e. The molecule has 5 atom stereocenters. The smallest absolute Gasteiger partial charge is 0.397 e. The maximum Gasteiger partial charge on any atom is 0.397 e. The van der Waals surface area contributed by atoms with Crippen LogP contribution < -0.4 is 10.5 Å². The van der Waals surface area contributed by atoms with Crippen molar-refractivity contribution < 1.29 is 41.9 Å². The molecule has 1 aliphatic heterocycles.